The predicted octanol–water partition coefficient (Wildman–Crippen LogP) is 0.715. The average molecular weight is 365 g/mol. The lowest BCUT2D eigenvalue weighted by molar-refractivity contribution is 0.0144. The van der Waals surface area contributed by atoms with Crippen molar-refractivity contribution in [1.82, 2.24) is 18.8 Å². The van der Waals surface area contributed by atoms with E-state index in [1.165, 1.54) is 4.31 Å². The summed E-state index contributed by atoms with van der Waals surface area (Å²) in [7, 11) is -1.82. The maximum absolute atomic E-state index is 12.0. The van der Waals surface area contributed by atoms with Gasteiger partial charge >= 0.3 is 6.09 Å². The van der Waals surface area contributed by atoms with Crippen molar-refractivity contribution in [1.29, 1.82) is 0 Å². The van der Waals surface area contributed by atoms with Gasteiger partial charge in [0.2, 0.25) is 0 Å². The fourth-order valence-corrected chi connectivity index (χ4v) is 3.23. The minimum Gasteiger partial charge on any atom is -0.444 e. The number of likely N-dealkylation sites (N-methyl/N-ethyl adjacent to an activating group) is 1. The monoisotopic (exact) mass is 364 g/mol. The maximum Gasteiger partial charge on any atom is 0.410 e. The van der Waals surface area contributed by atoms with Crippen molar-refractivity contribution in [3.8, 4) is 0 Å². The molecule has 0 atom stereocenters. The Morgan fingerprint density at radius 1 is 1.21 bits per heavy atom. The minimum absolute atomic E-state index is 0.286. The molecule has 0 aromatic heterocycles. The number of nitrogens with zero attached hydrogens (tertiary/aromatic N) is 3. The molecule has 0 aromatic carbocycles. The van der Waals surface area contributed by atoms with E-state index < -0.39 is 15.8 Å². The zero-order chi connectivity index (χ0) is 18.4. The first-order valence-corrected chi connectivity index (χ1v) is 9.90. The van der Waals surface area contributed by atoms with Gasteiger partial charge in [0.1, 0.15) is 5.60 Å². The molecule has 0 saturated carbocycles. The van der Waals surface area contributed by atoms with E-state index in [1.807, 2.05) is 27.7 Å². The highest BCUT2D eigenvalue weighted by molar-refractivity contribution is 7.87. The molecule has 1 fully saturated rings. The summed E-state index contributed by atoms with van der Waals surface area (Å²) in [5.41, 5.74) is -0.489. The van der Waals surface area contributed by atoms with E-state index in [2.05, 4.69) is 9.62 Å². The van der Waals surface area contributed by atoms with Gasteiger partial charge in [0.05, 0.1) is 0 Å². The first-order chi connectivity index (χ1) is 11.0. The quantitative estimate of drug-likeness (QED) is 0.720. The van der Waals surface area contributed by atoms with Gasteiger partial charge in [-0.05, 0) is 27.2 Å². The molecule has 1 heterocycles. The molecular weight excluding hydrogens is 332 g/mol. The molecule has 1 aliphatic rings. The summed E-state index contributed by atoms with van der Waals surface area (Å²) < 4.78 is 33.2. The zero-order valence-electron chi connectivity index (χ0n) is 15.5. The van der Waals surface area contributed by atoms with Gasteiger partial charge in [-0.25, -0.2) is 9.52 Å². The third-order valence-corrected chi connectivity index (χ3v) is 5.27. The highest BCUT2D eigenvalue weighted by atomic mass is 32.2. The van der Waals surface area contributed by atoms with Crippen LogP contribution in [-0.4, -0.2) is 87.1 Å². The number of ether oxygens (including phenoxy) is 1. The van der Waals surface area contributed by atoms with Crippen molar-refractivity contribution in [2.75, 3.05) is 52.9 Å². The Bertz CT molecular complexity index is 496. The first kappa shape index (κ1) is 21.1. The molecule has 0 radical (unpaired) electrons. The summed E-state index contributed by atoms with van der Waals surface area (Å²) in [5, 5.41) is 0. The lowest BCUT2D eigenvalue weighted by Gasteiger charge is -2.36. The summed E-state index contributed by atoms with van der Waals surface area (Å²) in [6, 6.07) is 0. The Kier molecular flexibility index (Phi) is 7.91. The van der Waals surface area contributed by atoms with Gasteiger partial charge in [-0.15, -0.1) is 0 Å². The Morgan fingerprint density at radius 3 is 2.29 bits per heavy atom. The van der Waals surface area contributed by atoms with E-state index in [0.717, 1.165) is 19.5 Å². The van der Waals surface area contributed by atoms with Crippen molar-refractivity contribution < 1.29 is 17.9 Å². The van der Waals surface area contributed by atoms with Crippen LogP contribution in [-0.2, 0) is 14.9 Å². The van der Waals surface area contributed by atoms with Gasteiger partial charge < -0.3 is 9.64 Å². The SMILES string of the molecule is CCCNS(=O)(=O)N(C)CCN1CCN(C(=O)OC(C)(C)C)CC1. The summed E-state index contributed by atoms with van der Waals surface area (Å²) in [4.78, 5) is 15.9. The van der Waals surface area contributed by atoms with E-state index in [-0.39, 0.29) is 6.09 Å². The molecule has 0 bridgehead atoms. The number of amides is 1. The van der Waals surface area contributed by atoms with Crippen LogP contribution < -0.4 is 4.72 Å². The molecule has 1 rings (SSSR count). The van der Waals surface area contributed by atoms with E-state index in [4.69, 9.17) is 4.74 Å². The van der Waals surface area contributed by atoms with Gasteiger partial charge in [-0.1, -0.05) is 6.92 Å². The molecule has 1 saturated heterocycles. The largest absolute Gasteiger partial charge is 0.444 e. The second kappa shape index (κ2) is 8.98. The number of carbonyl (C=O) groups is 1. The number of rotatable bonds is 7. The fourth-order valence-electron chi connectivity index (χ4n) is 2.22. The number of hydrogen-bond donors (Lipinski definition) is 1. The summed E-state index contributed by atoms with van der Waals surface area (Å²) in [6.07, 6.45) is 0.477. The third-order valence-electron chi connectivity index (χ3n) is 3.70. The average Bonchev–Trinajstić information content (AvgIpc) is 2.49. The molecule has 9 heteroatoms. The van der Waals surface area contributed by atoms with Crippen molar-refractivity contribution in [2.24, 2.45) is 0 Å². The van der Waals surface area contributed by atoms with E-state index in [1.54, 1.807) is 11.9 Å². The van der Waals surface area contributed by atoms with Gasteiger partial charge in [0.25, 0.3) is 10.2 Å². The molecule has 1 aliphatic heterocycles. The van der Waals surface area contributed by atoms with Crippen LogP contribution in [0.3, 0.4) is 0 Å². The van der Waals surface area contributed by atoms with Crippen LogP contribution in [0.15, 0.2) is 0 Å². The summed E-state index contributed by atoms with van der Waals surface area (Å²) in [5.74, 6) is 0. The maximum atomic E-state index is 12.0. The molecule has 24 heavy (non-hydrogen) atoms. The minimum atomic E-state index is -3.40. The molecule has 0 aliphatic carbocycles. The summed E-state index contributed by atoms with van der Waals surface area (Å²) in [6.45, 7) is 11.6. The number of nitrogens with one attached hydrogen (secondary N) is 1. The van der Waals surface area contributed by atoms with E-state index in [0.29, 0.717) is 32.7 Å². The molecular formula is C15H32N4O4S. The molecule has 1 amide bonds. The van der Waals surface area contributed by atoms with Gasteiger partial charge in [0.15, 0.2) is 0 Å². The van der Waals surface area contributed by atoms with Crippen molar-refractivity contribution in [2.45, 2.75) is 39.7 Å². The van der Waals surface area contributed by atoms with Crippen LogP contribution in [0.4, 0.5) is 4.79 Å². The van der Waals surface area contributed by atoms with Crippen LogP contribution in [0.5, 0.6) is 0 Å². The third kappa shape index (κ3) is 7.33. The number of hydrogen-bond acceptors (Lipinski definition) is 5. The normalized spacial score (nSPS) is 17.3. The fraction of sp³-hybridized carbons (Fsp3) is 0.933. The molecule has 1 N–H and O–H groups in total. The standard InChI is InChI=1S/C15H32N4O4S/c1-6-7-16-24(21,22)17(5)8-9-18-10-12-19(13-11-18)14(20)23-15(2,3)4/h16H,6-13H2,1-5H3. The summed E-state index contributed by atoms with van der Waals surface area (Å²) >= 11 is 0. The molecule has 0 aromatic rings. The highest BCUT2D eigenvalue weighted by Gasteiger charge is 2.26. The molecule has 0 spiro atoms. The van der Waals surface area contributed by atoms with E-state index in [9.17, 15) is 13.2 Å². The Morgan fingerprint density at radius 2 is 1.79 bits per heavy atom. The topological polar surface area (TPSA) is 82.2 Å². The Labute approximate surface area is 146 Å². The van der Waals surface area contributed by atoms with Crippen LogP contribution in [0, 0.1) is 0 Å². The van der Waals surface area contributed by atoms with Crippen LogP contribution in [0.2, 0.25) is 0 Å². The smallest absolute Gasteiger partial charge is 0.410 e. The van der Waals surface area contributed by atoms with Crippen molar-refractivity contribution in [3.63, 3.8) is 0 Å². The van der Waals surface area contributed by atoms with Crippen molar-refractivity contribution >= 4 is 16.3 Å². The second-order valence-corrected chi connectivity index (χ2v) is 8.89. The van der Waals surface area contributed by atoms with Gasteiger partial charge in [-0.2, -0.15) is 12.7 Å². The lowest BCUT2D eigenvalue weighted by Crippen LogP contribution is -2.51. The van der Waals surface area contributed by atoms with Crippen molar-refractivity contribution in [3.05, 3.63) is 0 Å². The van der Waals surface area contributed by atoms with Gasteiger partial charge in [-0.3, -0.25) is 4.90 Å². The molecule has 142 valence electrons. The lowest BCUT2D eigenvalue weighted by atomic mass is 10.2. The second-order valence-electron chi connectivity index (χ2n) is 7.03. The van der Waals surface area contributed by atoms with Crippen LogP contribution >= 0.6 is 0 Å². The Balaban J connectivity index is 2.35. The molecule has 8 nitrogen and oxygen atoms in total. The highest BCUT2D eigenvalue weighted by Crippen LogP contribution is 2.11. The number of piperazine rings is 1. The Hall–Kier alpha value is -0.900. The first-order valence-electron chi connectivity index (χ1n) is 8.46. The number of carbonyl (C=O) groups excluding carboxylic acids is 1. The van der Waals surface area contributed by atoms with E-state index >= 15 is 0 Å². The van der Waals surface area contributed by atoms with Crippen LogP contribution in [0.1, 0.15) is 34.1 Å². The molecule has 0 unspecified atom stereocenters. The van der Waals surface area contributed by atoms with Crippen LogP contribution in [0.25, 0.3) is 0 Å². The van der Waals surface area contributed by atoms with Gasteiger partial charge in [0, 0.05) is 52.9 Å². The zero-order valence-corrected chi connectivity index (χ0v) is 16.4. The predicted molar refractivity (Wildman–Crippen MR) is 94.1 cm³/mol.